The van der Waals surface area contributed by atoms with Crippen molar-refractivity contribution in [3.63, 3.8) is 0 Å². The summed E-state index contributed by atoms with van der Waals surface area (Å²) in [5.41, 5.74) is 6.31. The molecular formula is C15H20N2O3S. The van der Waals surface area contributed by atoms with E-state index in [1.807, 2.05) is 6.92 Å². The van der Waals surface area contributed by atoms with Crippen molar-refractivity contribution in [3.8, 4) is 5.75 Å². The minimum atomic E-state index is -0.0224. The molecule has 0 spiro atoms. The maximum atomic E-state index is 12.1. The van der Waals surface area contributed by atoms with E-state index in [2.05, 4.69) is 0 Å². The van der Waals surface area contributed by atoms with Gasteiger partial charge in [-0.05, 0) is 37.6 Å². The highest BCUT2D eigenvalue weighted by Crippen LogP contribution is 2.13. The first-order valence-corrected chi connectivity index (χ1v) is 7.39. The first-order valence-electron chi connectivity index (χ1n) is 6.98. The molecule has 5 nitrogen and oxygen atoms in total. The number of carbonyl (C=O) groups excluding carboxylic acids is 1. The second-order valence-electron chi connectivity index (χ2n) is 5.05. The van der Waals surface area contributed by atoms with Gasteiger partial charge in [-0.25, -0.2) is 0 Å². The average molecular weight is 308 g/mol. The van der Waals surface area contributed by atoms with Crippen LogP contribution >= 0.6 is 12.2 Å². The molecule has 6 heteroatoms. The molecule has 1 aromatic rings. The van der Waals surface area contributed by atoms with Crippen LogP contribution in [0.3, 0.4) is 0 Å². The third-order valence-corrected chi connectivity index (χ3v) is 3.54. The summed E-state index contributed by atoms with van der Waals surface area (Å²) in [5.74, 6) is 0.605. The van der Waals surface area contributed by atoms with Gasteiger partial charge in [0.05, 0.1) is 6.10 Å². The summed E-state index contributed by atoms with van der Waals surface area (Å²) in [6, 6.07) is 7.08. The molecule has 1 amide bonds. The van der Waals surface area contributed by atoms with Crippen molar-refractivity contribution in [2.75, 3.05) is 26.3 Å². The molecule has 1 aliphatic heterocycles. The molecule has 1 aliphatic rings. The van der Waals surface area contributed by atoms with E-state index in [4.69, 9.17) is 27.4 Å². The number of hydrogen-bond donors (Lipinski definition) is 1. The Kier molecular flexibility index (Phi) is 5.52. The lowest BCUT2D eigenvalue weighted by atomic mass is 10.2. The summed E-state index contributed by atoms with van der Waals surface area (Å²) in [4.78, 5) is 14.3. The fourth-order valence-corrected chi connectivity index (χ4v) is 2.31. The van der Waals surface area contributed by atoms with Gasteiger partial charge in [0.25, 0.3) is 5.91 Å². The molecule has 0 saturated carbocycles. The third kappa shape index (κ3) is 4.68. The Morgan fingerprint density at radius 1 is 1.48 bits per heavy atom. The number of ether oxygens (including phenoxy) is 2. The summed E-state index contributed by atoms with van der Waals surface area (Å²) in [5, 5.41) is 0. The highest BCUT2D eigenvalue weighted by atomic mass is 32.1. The third-order valence-electron chi connectivity index (χ3n) is 3.31. The van der Waals surface area contributed by atoms with Crippen molar-refractivity contribution in [2.24, 2.45) is 5.73 Å². The summed E-state index contributed by atoms with van der Waals surface area (Å²) in [6.45, 7) is 4.03. The van der Waals surface area contributed by atoms with Crippen molar-refractivity contribution in [1.29, 1.82) is 0 Å². The summed E-state index contributed by atoms with van der Waals surface area (Å²) in [6.07, 6.45) is 0.930. The maximum absolute atomic E-state index is 12.1. The van der Waals surface area contributed by atoms with Gasteiger partial charge in [0.1, 0.15) is 10.7 Å². The van der Waals surface area contributed by atoms with E-state index in [0.717, 1.165) is 12.0 Å². The zero-order chi connectivity index (χ0) is 15.2. The number of thiocarbonyl (C=S) groups is 1. The first-order chi connectivity index (χ1) is 10.1. The van der Waals surface area contributed by atoms with Gasteiger partial charge in [-0.1, -0.05) is 12.2 Å². The van der Waals surface area contributed by atoms with E-state index >= 15 is 0 Å². The summed E-state index contributed by atoms with van der Waals surface area (Å²) >= 11 is 4.89. The standard InChI is InChI=1S/C15H20N2O3S/c1-11-9-17(7-2-8-19-11)14(18)10-20-13-5-3-12(4-6-13)15(16)21/h3-6,11H,2,7-10H2,1H3,(H2,16,21). The van der Waals surface area contributed by atoms with E-state index < -0.39 is 0 Å². The topological polar surface area (TPSA) is 64.8 Å². The van der Waals surface area contributed by atoms with E-state index in [-0.39, 0.29) is 18.6 Å². The Bertz CT molecular complexity index is 504. The highest BCUT2D eigenvalue weighted by molar-refractivity contribution is 7.80. The average Bonchev–Trinajstić information content (AvgIpc) is 2.70. The molecular weight excluding hydrogens is 288 g/mol. The van der Waals surface area contributed by atoms with Gasteiger partial charge in [0.15, 0.2) is 6.61 Å². The fourth-order valence-electron chi connectivity index (χ4n) is 2.17. The van der Waals surface area contributed by atoms with Crippen LogP contribution in [0.25, 0.3) is 0 Å². The molecule has 0 bridgehead atoms. The predicted molar refractivity (Wildman–Crippen MR) is 84.4 cm³/mol. The summed E-state index contributed by atoms with van der Waals surface area (Å²) in [7, 11) is 0. The molecule has 1 atom stereocenters. The Hall–Kier alpha value is -1.66. The zero-order valence-corrected chi connectivity index (χ0v) is 12.9. The molecule has 0 aliphatic carbocycles. The second-order valence-corrected chi connectivity index (χ2v) is 5.49. The van der Waals surface area contributed by atoms with Crippen LogP contribution in [0.5, 0.6) is 5.75 Å². The van der Waals surface area contributed by atoms with Crippen molar-refractivity contribution < 1.29 is 14.3 Å². The van der Waals surface area contributed by atoms with Crippen LogP contribution < -0.4 is 10.5 Å². The SMILES string of the molecule is CC1CN(C(=O)COc2ccc(C(N)=S)cc2)CCCO1. The number of amides is 1. The van der Waals surface area contributed by atoms with E-state index in [9.17, 15) is 4.79 Å². The number of benzene rings is 1. The molecule has 2 rings (SSSR count). The molecule has 1 aromatic carbocycles. The van der Waals surface area contributed by atoms with Crippen LogP contribution in [0.2, 0.25) is 0 Å². The van der Waals surface area contributed by atoms with Gasteiger partial charge in [-0.15, -0.1) is 0 Å². The fraction of sp³-hybridized carbons (Fsp3) is 0.467. The number of carbonyl (C=O) groups is 1. The smallest absolute Gasteiger partial charge is 0.260 e. The minimum absolute atomic E-state index is 0.0224. The molecule has 21 heavy (non-hydrogen) atoms. The highest BCUT2D eigenvalue weighted by Gasteiger charge is 2.20. The lowest BCUT2D eigenvalue weighted by molar-refractivity contribution is -0.134. The lowest BCUT2D eigenvalue weighted by Gasteiger charge is -2.22. The Morgan fingerprint density at radius 3 is 2.86 bits per heavy atom. The largest absolute Gasteiger partial charge is 0.484 e. The Balaban J connectivity index is 1.86. The molecule has 1 saturated heterocycles. The molecule has 114 valence electrons. The van der Waals surface area contributed by atoms with Crippen LogP contribution in [-0.2, 0) is 9.53 Å². The molecule has 1 heterocycles. The van der Waals surface area contributed by atoms with Crippen molar-refractivity contribution in [2.45, 2.75) is 19.4 Å². The molecule has 0 radical (unpaired) electrons. The van der Waals surface area contributed by atoms with Crippen LogP contribution in [0.1, 0.15) is 18.9 Å². The van der Waals surface area contributed by atoms with Crippen LogP contribution in [0, 0.1) is 0 Å². The van der Waals surface area contributed by atoms with E-state index in [1.165, 1.54) is 0 Å². The quantitative estimate of drug-likeness (QED) is 0.850. The van der Waals surface area contributed by atoms with Crippen molar-refractivity contribution in [3.05, 3.63) is 29.8 Å². The molecule has 0 aromatic heterocycles. The van der Waals surface area contributed by atoms with Gasteiger partial charge in [-0.2, -0.15) is 0 Å². The second kappa shape index (κ2) is 7.38. The van der Waals surface area contributed by atoms with Gasteiger partial charge in [-0.3, -0.25) is 4.79 Å². The van der Waals surface area contributed by atoms with Gasteiger partial charge < -0.3 is 20.1 Å². The first kappa shape index (κ1) is 15.7. The Labute approximate surface area is 130 Å². The summed E-state index contributed by atoms with van der Waals surface area (Å²) < 4.78 is 11.0. The maximum Gasteiger partial charge on any atom is 0.260 e. The van der Waals surface area contributed by atoms with Crippen LogP contribution in [-0.4, -0.2) is 48.2 Å². The molecule has 1 fully saturated rings. The van der Waals surface area contributed by atoms with Gasteiger partial charge in [0.2, 0.25) is 0 Å². The van der Waals surface area contributed by atoms with E-state index in [1.54, 1.807) is 29.2 Å². The van der Waals surface area contributed by atoms with Crippen LogP contribution in [0.15, 0.2) is 24.3 Å². The zero-order valence-electron chi connectivity index (χ0n) is 12.1. The number of hydrogen-bond acceptors (Lipinski definition) is 4. The van der Waals surface area contributed by atoms with E-state index in [0.29, 0.717) is 30.4 Å². The normalized spacial score (nSPS) is 18.9. The minimum Gasteiger partial charge on any atom is -0.484 e. The lowest BCUT2D eigenvalue weighted by Crippen LogP contribution is -2.38. The van der Waals surface area contributed by atoms with Gasteiger partial charge in [0, 0.05) is 25.3 Å². The van der Waals surface area contributed by atoms with Crippen LogP contribution in [0.4, 0.5) is 0 Å². The van der Waals surface area contributed by atoms with Gasteiger partial charge >= 0.3 is 0 Å². The molecule has 2 N–H and O–H groups in total. The number of nitrogens with zero attached hydrogens (tertiary/aromatic N) is 1. The van der Waals surface area contributed by atoms with Crippen molar-refractivity contribution in [1.82, 2.24) is 4.90 Å². The van der Waals surface area contributed by atoms with Crippen molar-refractivity contribution >= 4 is 23.1 Å². The number of rotatable bonds is 4. The number of nitrogens with two attached hydrogens (primary N) is 1. The molecule has 1 unspecified atom stereocenters. The predicted octanol–water partition coefficient (Wildman–Crippen LogP) is 1.34. The monoisotopic (exact) mass is 308 g/mol. The Morgan fingerprint density at radius 2 is 2.19 bits per heavy atom.